The van der Waals surface area contributed by atoms with Gasteiger partial charge in [0.15, 0.2) is 6.10 Å². The molecule has 0 aromatic rings. The van der Waals surface area contributed by atoms with E-state index in [0.717, 1.165) is 12.8 Å². The molecule has 1 N–H and O–H groups in total. The predicted octanol–water partition coefficient (Wildman–Crippen LogP) is 1.51. The molecular weight excluding hydrogens is 168 g/mol. The fraction of sp³-hybridized carbons (Fsp3) is 0.700. The standard InChI is InChI=1S/C10H18O3/c1-4-6-7-13-10(12)9(11)8(3)5-2/h5,8-9,11H,2,4,6-7H2,1,3H3. The molecule has 0 amide bonds. The molecule has 0 aliphatic rings. The van der Waals surface area contributed by atoms with Crippen molar-refractivity contribution in [2.75, 3.05) is 6.61 Å². The van der Waals surface area contributed by atoms with Crippen LogP contribution in [0.5, 0.6) is 0 Å². The van der Waals surface area contributed by atoms with E-state index in [2.05, 4.69) is 6.58 Å². The van der Waals surface area contributed by atoms with Crippen LogP contribution >= 0.6 is 0 Å². The quantitative estimate of drug-likeness (QED) is 0.388. The number of hydrogen-bond donors (Lipinski definition) is 1. The maximum Gasteiger partial charge on any atom is 0.335 e. The number of carbonyl (C=O) groups is 1. The lowest BCUT2D eigenvalue weighted by Crippen LogP contribution is -2.28. The van der Waals surface area contributed by atoms with Crippen molar-refractivity contribution < 1.29 is 14.6 Å². The summed E-state index contributed by atoms with van der Waals surface area (Å²) in [6.45, 7) is 7.61. The first-order valence-electron chi connectivity index (χ1n) is 4.60. The van der Waals surface area contributed by atoms with Crippen LogP contribution in [-0.2, 0) is 9.53 Å². The van der Waals surface area contributed by atoms with E-state index in [1.807, 2.05) is 6.92 Å². The zero-order valence-corrected chi connectivity index (χ0v) is 8.32. The van der Waals surface area contributed by atoms with Crippen molar-refractivity contribution in [1.82, 2.24) is 0 Å². The number of aliphatic hydroxyl groups excluding tert-OH is 1. The van der Waals surface area contributed by atoms with Crippen molar-refractivity contribution in [3.63, 3.8) is 0 Å². The van der Waals surface area contributed by atoms with Gasteiger partial charge in [-0.2, -0.15) is 0 Å². The molecule has 0 rings (SSSR count). The van der Waals surface area contributed by atoms with Gasteiger partial charge in [0, 0.05) is 5.92 Å². The second kappa shape index (κ2) is 6.66. The molecule has 0 fully saturated rings. The van der Waals surface area contributed by atoms with Gasteiger partial charge in [-0.1, -0.05) is 26.3 Å². The number of hydrogen-bond acceptors (Lipinski definition) is 3. The fourth-order valence-electron chi connectivity index (χ4n) is 0.746. The highest BCUT2D eigenvalue weighted by Crippen LogP contribution is 2.05. The fourth-order valence-corrected chi connectivity index (χ4v) is 0.746. The molecule has 0 aromatic carbocycles. The molecule has 0 spiro atoms. The minimum absolute atomic E-state index is 0.255. The van der Waals surface area contributed by atoms with E-state index in [-0.39, 0.29) is 5.92 Å². The van der Waals surface area contributed by atoms with E-state index >= 15 is 0 Å². The third-order valence-electron chi connectivity index (χ3n) is 1.85. The Bertz CT molecular complexity index is 166. The molecule has 0 saturated heterocycles. The summed E-state index contributed by atoms with van der Waals surface area (Å²) in [6, 6.07) is 0. The smallest absolute Gasteiger partial charge is 0.335 e. The molecule has 2 unspecified atom stereocenters. The molecule has 13 heavy (non-hydrogen) atoms. The van der Waals surface area contributed by atoms with Crippen LogP contribution in [0.1, 0.15) is 26.7 Å². The Labute approximate surface area is 79.4 Å². The maximum absolute atomic E-state index is 11.1. The molecule has 2 atom stereocenters. The second-order valence-electron chi connectivity index (χ2n) is 3.06. The van der Waals surface area contributed by atoms with Crippen molar-refractivity contribution in [3.8, 4) is 0 Å². The zero-order chi connectivity index (χ0) is 10.3. The Morgan fingerprint density at radius 3 is 2.77 bits per heavy atom. The van der Waals surface area contributed by atoms with Crippen molar-refractivity contribution in [3.05, 3.63) is 12.7 Å². The number of rotatable bonds is 6. The number of unbranched alkanes of at least 4 members (excludes halogenated alkanes) is 1. The SMILES string of the molecule is C=CC(C)C(O)C(=O)OCCCC. The zero-order valence-electron chi connectivity index (χ0n) is 8.32. The normalized spacial score (nSPS) is 14.7. The van der Waals surface area contributed by atoms with Gasteiger partial charge < -0.3 is 9.84 Å². The lowest BCUT2D eigenvalue weighted by molar-refractivity contribution is -0.155. The lowest BCUT2D eigenvalue weighted by Gasteiger charge is -2.13. The third-order valence-corrected chi connectivity index (χ3v) is 1.85. The first-order chi connectivity index (χ1) is 6.13. The van der Waals surface area contributed by atoms with Crippen LogP contribution in [0.2, 0.25) is 0 Å². The largest absolute Gasteiger partial charge is 0.464 e. The molecule has 0 aliphatic carbocycles. The number of aliphatic hydroxyl groups is 1. The number of esters is 1. The highest BCUT2D eigenvalue weighted by atomic mass is 16.5. The first kappa shape index (κ1) is 12.2. The monoisotopic (exact) mass is 186 g/mol. The Morgan fingerprint density at radius 1 is 1.69 bits per heavy atom. The molecule has 0 bridgehead atoms. The summed E-state index contributed by atoms with van der Waals surface area (Å²) < 4.78 is 4.83. The molecule has 3 heteroatoms. The lowest BCUT2D eigenvalue weighted by atomic mass is 10.1. The summed E-state index contributed by atoms with van der Waals surface area (Å²) in [4.78, 5) is 11.1. The van der Waals surface area contributed by atoms with E-state index in [0.29, 0.717) is 6.61 Å². The Kier molecular flexibility index (Phi) is 6.24. The van der Waals surface area contributed by atoms with Crippen molar-refractivity contribution in [1.29, 1.82) is 0 Å². The van der Waals surface area contributed by atoms with Crippen LogP contribution in [0.25, 0.3) is 0 Å². The summed E-state index contributed by atoms with van der Waals surface area (Å²) in [6.07, 6.45) is 2.27. The maximum atomic E-state index is 11.1. The van der Waals surface area contributed by atoms with Crippen LogP contribution < -0.4 is 0 Å². The molecule has 3 nitrogen and oxygen atoms in total. The van der Waals surface area contributed by atoms with E-state index in [4.69, 9.17) is 4.74 Å². The van der Waals surface area contributed by atoms with Gasteiger partial charge in [-0.3, -0.25) is 0 Å². The summed E-state index contributed by atoms with van der Waals surface area (Å²) in [5.41, 5.74) is 0. The Hall–Kier alpha value is -0.830. The minimum Gasteiger partial charge on any atom is -0.464 e. The van der Waals surface area contributed by atoms with Gasteiger partial charge in [0.1, 0.15) is 0 Å². The number of ether oxygens (including phenoxy) is 1. The Balaban J connectivity index is 3.75. The summed E-state index contributed by atoms with van der Waals surface area (Å²) in [7, 11) is 0. The number of carbonyl (C=O) groups excluding carboxylic acids is 1. The van der Waals surface area contributed by atoms with Crippen LogP contribution in [0.15, 0.2) is 12.7 Å². The molecule has 76 valence electrons. The van der Waals surface area contributed by atoms with Crippen LogP contribution in [0.4, 0.5) is 0 Å². The molecule has 0 aromatic heterocycles. The summed E-state index contributed by atoms with van der Waals surface area (Å²) >= 11 is 0. The summed E-state index contributed by atoms with van der Waals surface area (Å²) in [5, 5.41) is 9.34. The average molecular weight is 186 g/mol. The topological polar surface area (TPSA) is 46.5 Å². The van der Waals surface area contributed by atoms with Gasteiger partial charge in [-0.05, 0) is 6.42 Å². The first-order valence-corrected chi connectivity index (χ1v) is 4.60. The van der Waals surface area contributed by atoms with E-state index in [1.54, 1.807) is 6.92 Å². The van der Waals surface area contributed by atoms with Gasteiger partial charge in [0.05, 0.1) is 6.61 Å². The molecular formula is C10H18O3. The summed E-state index contributed by atoms with van der Waals surface area (Å²) in [5.74, 6) is -0.810. The van der Waals surface area contributed by atoms with Crippen LogP contribution in [0, 0.1) is 5.92 Å². The average Bonchev–Trinajstić information content (AvgIpc) is 2.15. The van der Waals surface area contributed by atoms with Crippen LogP contribution in [-0.4, -0.2) is 23.8 Å². The third kappa shape index (κ3) is 4.68. The van der Waals surface area contributed by atoms with E-state index in [1.165, 1.54) is 6.08 Å². The minimum atomic E-state index is -1.07. The van der Waals surface area contributed by atoms with Crippen molar-refractivity contribution in [2.24, 2.45) is 5.92 Å². The van der Waals surface area contributed by atoms with Gasteiger partial charge in [-0.25, -0.2) is 4.79 Å². The second-order valence-corrected chi connectivity index (χ2v) is 3.06. The van der Waals surface area contributed by atoms with Gasteiger partial charge in [0.2, 0.25) is 0 Å². The van der Waals surface area contributed by atoms with Gasteiger partial charge in [0.25, 0.3) is 0 Å². The molecule has 0 heterocycles. The van der Waals surface area contributed by atoms with Gasteiger partial charge in [-0.15, -0.1) is 6.58 Å². The molecule has 0 radical (unpaired) electrons. The van der Waals surface area contributed by atoms with Crippen molar-refractivity contribution >= 4 is 5.97 Å². The van der Waals surface area contributed by atoms with Crippen molar-refractivity contribution in [2.45, 2.75) is 32.8 Å². The van der Waals surface area contributed by atoms with E-state index < -0.39 is 12.1 Å². The van der Waals surface area contributed by atoms with Crippen LogP contribution in [0.3, 0.4) is 0 Å². The predicted molar refractivity (Wildman–Crippen MR) is 51.2 cm³/mol. The van der Waals surface area contributed by atoms with E-state index in [9.17, 15) is 9.90 Å². The highest BCUT2D eigenvalue weighted by molar-refractivity contribution is 5.74. The Morgan fingerprint density at radius 2 is 2.31 bits per heavy atom. The highest BCUT2D eigenvalue weighted by Gasteiger charge is 2.20. The molecule has 0 aliphatic heterocycles. The molecule has 0 saturated carbocycles. The van der Waals surface area contributed by atoms with Gasteiger partial charge >= 0.3 is 5.97 Å².